The van der Waals surface area contributed by atoms with Gasteiger partial charge in [0, 0.05) is 29.7 Å². The fourth-order valence-electron chi connectivity index (χ4n) is 1.68. The van der Waals surface area contributed by atoms with Gasteiger partial charge in [0.15, 0.2) is 0 Å². The Kier molecular flexibility index (Phi) is 6.36. The molecule has 3 nitrogen and oxygen atoms in total. The van der Waals surface area contributed by atoms with Crippen LogP contribution in [0.1, 0.15) is 29.8 Å². The molecule has 0 aromatic heterocycles. The number of rotatable bonds is 6. The monoisotopic (exact) mass is 313 g/mol. The maximum Gasteiger partial charge on any atom is 0.253 e. The lowest BCUT2D eigenvalue weighted by Gasteiger charge is -2.21. The standard InChI is InChI=1S/C14H20BrNO2/c1-4-16(8-9-18-5-2)14(17)12-6-7-13(15)11(3)10-12/h6-7,10H,4-5,8-9H2,1-3H3. The minimum Gasteiger partial charge on any atom is -0.380 e. The maximum atomic E-state index is 12.3. The minimum atomic E-state index is 0.0628. The van der Waals surface area contributed by atoms with Gasteiger partial charge in [-0.25, -0.2) is 0 Å². The van der Waals surface area contributed by atoms with Crippen molar-refractivity contribution in [2.45, 2.75) is 20.8 Å². The second-order valence-corrected chi connectivity index (χ2v) is 4.90. The molecule has 0 aliphatic carbocycles. The third kappa shape index (κ3) is 4.10. The first-order chi connectivity index (χ1) is 8.60. The summed E-state index contributed by atoms with van der Waals surface area (Å²) in [6.07, 6.45) is 0. The Hall–Kier alpha value is -0.870. The number of hydrogen-bond donors (Lipinski definition) is 0. The van der Waals surface area contributed by atoms with Gasteiger partial charge in [-0.15, -0.1) is 0 Å². The first kappa shape index (κ1) is 15.2. The number of likely N-dealkylation sites (N-methyl/N-ethyl adjacent to an activating group) is 1. The van der Waals surface area contributed by atoms with Gasteiger partial charge in [-0.2, -0.15) is 0 Å². The van der Waals surface area contributed by atoms with Crippen molar-refractivity contribution < 1.29 is 9.53 Å². The molecule has 0 bridgehead atoms. The van der Waals surface area contributed by atoms with Gasteiger partial charge >= 0.3 is 0 Å². The van der Waals surface area contributed by atoms with Gasteiger partial charge in [-0.3, -0.25) is 4.79 Å². The Labute approximate surface area is 117 Å². The Bertz CT molecular complexity index is 407. The Morgan fingerprint density at radius 1 is 1.39 bits per heavy atom. The number of carbonyl (C=O) groups is 1. The fourth-order valence-corrected chi connectivity index (χ4v) is 1.93. The molecule has 0 fully saturated rings. The first-order valence-corrected chi connectivity index (χ1v) is 7.02. The summed E-state index contributed by atoms with van der Waals surface area (Å²) >= 11 is 3.44. The number of nitrogens with zero attached hydrogens (tertiary/aromatic N) is 1. The van der Waals surface area contributed by atoms with Gasteiger partial charge in [0.2, 0.25) is 0 Å². The SMILES string of the molecule is CCOCCN(CC)C(=O)c1ccc(Br)c(C)c1. The molecule has 0 N–H and O–H groups in total. The van der Waals surface area contributed by atoms with E-state index < -0.39 is 0 Å². The van der Waals surface area contributed by atoms with E-state index in [4.69, 9.17) is 4.74 Å². The molecule has 18 heavy (non-hydrogen) atoms. The van der Waals surface area contributed by atoms with E-state index in [0.717, 1.165) is 15.6 Å². The molecule has 1 aromatic rings. The van der Waals surface area contributed by atoms with Crippen molar-refractivity contribution in [2.24, 2.45) is 0 Å². The summed E-state index contributed by atoms with van der Waals surface area (Å²) in [6.45, 7) is 8.52. The zero-order valence-corrected chi connectivity index (χ0v) is 12.8. The van der Waals surface area contributed by atoms with Crippen molar-refractivity contribution in [1.29, 1.82) is 0 Å². The van der Waals surface area contributed by atoms with Crippen molar-refractivity contribution in [3.63, 3.8) is 0 Å². The highest BCUT2D eigenvalue weighted by Gasteiger charge is 2.14. The molecule has 0 saturated heterocycles. The van der Waals surface area contributed by atoms with Crippen LogP contribution in [0, 0.1) is 6.92 Å². The van der Waals surface area contributed by atoms with Crippen LogP contribution in [0.3, 0.4) is 0 Å². The number of amides is 1. The highest BCUT2D eigenvalue weighted by molar-refractivity contribution is 9.10. The van der Waals surface area contributed by atoms with Gasteiger partial charge in [0.1, 0.15) is 0 Å². The molecule has 100 valence electrons. The van der Waals surface area contributed by atoms with Crippen LogP contribution in [-0.2, 0) is 4.74 Å². The summed E-state index contributed by atoms with van der Waals surface area (Å²) in [4.78, 5) is 14.1. The summed E-state index contributed by atoms with van der Waals surface area (Å²) in [5, 5.41) is 0. The minimum absolute atomic E-state index is 0.0628. The Morgan fingerprint density at radius 2 is 2.11 bits per heavy atom. The van der Waals surface area contributed by atoms with Crippen LogP contribution in [0.5, 0.6) is 0 Å². The number of halogens is 1. The average molecular weight is 314 g/mol. The fraction of sp³-hybridized carbons (Fsp3) is 0.500. The summed E-state index contributed by atoms with van der Waals surface area (Å²) < 4.78 is 6.32. The van der Waals surface area contributed by atoms with E-state index in [2.05, 4.69) is 15.9 Å². The van der Waals surface area contributed by atoms with Crippen molar-refractivity contribution >= 4 is 21.8 Å². The van der Waals surface area contributed by atoms with Crippen LogP contribution >= 0.6 is 15.9 Å². The van der Waals surface area contributed by atoms with Gasteiger partial charge in [-0.05, 0) is 44.5 Å². The summed E-state index contributed by atoms with van der Waals surface area (Å²) in [7, 11) is 0. The van der Waals surface area contributed by atoms with Gasteiger partial charge in [0.25, 0.3) is 5.91 Å². The average Bonchev–Trinajstić information content (AvgIpc) is 2.37. The number of ether oxygens (including phenoxy) is 1. The Balaban J connectivity index is 2.73. The molecule has 0 atom stereocenters. The van der Waals surface area contributed by atoms with Crippen molar-refractivity contribution in [3.05, 3.63) is 33.8 Å². The van der Waals surface area contributed by atoms with E-state index in [1.807, 2.05) is 39.0 Å². The first-order valence-electron chi connectivity index (χ1n) is 6.23. The lowest BCUT2D eigenvalue weighted by molar-refractivity contribution is 0.0669. The zero-order chi connectivity index (χ0) is 13.5. The quantitative estimate of drug-likeness (QED) is 0.754. The number of hydrogen-bond acceptors (Lipinski definition) is 2. The number of aryl methyl sites for hydroxylation is 1. The topological polar surface area (TPSA) is 29.5 Å². The Morgan fingerprint density at radius 3 is 2.67 bits per heavy atom. The van der Waals surface area contributed by atoms with E-state index in [1.165, 1.54) is 0 Å². The molecule has 1 aromatic carbocycles. The molecule has 1 rings (SSSR count). The van der Waals surface area contributed by atoms with E-state index in [9.17, 15) is 4.79 Å². The highest BCUT2D eigenvalue weighted by Crippen LogP contribution is 2.18. The van der Waals surface area contributed by atoms with Crippen molar-refractivity contribution in [1.82, 2.24) is 4.90 Å². The van der Waals surface area contributed by atoms with Gasteiger partial charge < -0.3 is 9.64 Å². The second kappa shape index (κ2) is 7.54. The molecule has 0 spiro atoms. The molecule has 0 aliphatic rings. The molecule has 0 heterocycles. The highest BCUT2D eigenvalue weighted by atomic mass is 79.9. The number of carbonyl (C=O) groups excluding carboxylic acids is 1. The summed E-state index contributed by atoms with van der Waals surface area (Å²) in [6, 6.07) is 5.68. The van der Waals surface area contributed by atoms with Crippen molar-refractivity contribution in [3.8, 4) is 0 Å². The molecule has 0 radical (unpaired) electrons. The van der Waals surface area contributed by atoms with Crippen LogP contribution in [0.25, 0.3) is 0 Å². The van der Waals surface area contributed by atoms with E-state index in [-0.39, 0.29) is 5.91 Å². The van der Waals surface area contributed by atoms with Crippen LogP contribution < -0.4 is 0 Å². The van der Waals surface area contributed by atoms with E-state index in [0.29, 0.717) is 26.3 Å². The predicted octanol–water partition coefficient (Wildman–Crippen LogP) is 3.26. The third-order valence-electron chi connectivity index (χ3n) is 2.78. The van der Waals surface area contributed by atoms with E-state index in [1.54, 1.807) is 4.90 Å². The molecule has 4 heteroatoms. The van der Waals surface area contributed by atoms with Crippen molar-refractivity contribution in [2.75, 3.05) is 26.3 Å². The van der Waals surface area contributed by atoms with Crippen LogP contribution in [0.4, 0.5) is 0 Å². The molecular formula is C14H20BrNO2. The largest absolute Gasteiger partial charge is 0.380 e. The predicted molar refractivity (Wildman–Crippen MR) is 76.9 cm³/mol. The lowest BCUT2D eigenvalue weighted by Crippen LogP contribution is -2.33. The lowest BCUT2D eigenvalue weighted by atomic mass is 10.1. The normalized spacial score (nSPS) is 10.4. The maximum absolute atomic E-state index is 12.3. The second-order valence-electron chi connectivity index (χ2n) is 4.05. The van der Waals surface area contributed by atoms with E-state index >= 15 is 0 Å². The zero-order valence-electron chi connectivity index (χ0n) is 11.2. The molecule has 0 aliphatic heterocycles. The molecule has 0 unspecified atom stereocenters. The third-order valence-corrected chi connectivity index (χ3v) is 3.67. The smallest absolute Gasteiger partial charge is 0.253 e. The number of benzene rings is 1. The van der Waals surface area contributed by atoms with Gasteiger partial charge in [-0.1, -0.05) is 15.9 Å². The van der Waals surface area contributed by atoms with Crippen LogP contribution in [0.15, 0.2) is 22.7 Å². The molecule has 0 saturated carbocycles. The van der Waals surface area contributed by atoms with Gasteiger partial charge in [0.05, 0.1) is 6.61 Å². The molecule has 1 amide bonds. The summed E-state index contributed by atoms with van der Waals surface area (Å²) in [5.74, 6) is 0.0628. The molecular weight excluding hydrogens is 294 g/mol. The summed E-state index contributed by atoms with van der Waals surface area (Å²) in [5.41, 5.74) is 1.80. The van der Waals surface area contributed by atoms with Crippen LogP contribution in [-0.4, -0.2) is 37.1 Å². The van der Waals surface area contributed by atoms with Crippen LogP contribution in [0.2, 0.25) is 0 Å².